The average Bonchev–Trinajstić information content (AvgIpc) is 2.80. The number of nitrogens with zero attached hydrogens (tertiary/aromatic N) is 3. The third kappa shape index (κ3) is 6.24. The summed E-state index contributed by atoms with van der Waals surface area (Å²) in [5.41, 5.74) is -3.43. The van der Waals surface area contributed by atoms with Crippen LogP contribution in [0.1, 0.15) is 39.2 Å². The van der Waals surface area contributed by atoms with E-state index in [4.69, 9.17) is 9.47 Å². The van der Waals surface area contributed by atoms with Crippen molar-refractivity contribution >= 4 is 46.2 Å². The molecule has 13 nitrogen and oxygen atoms in total. The number of hydrogen-bond acceptors (Lipinski definition) is 11. The first kappa shape index (κ1) is 27.5. The Morgan fingerprint density at radius 1 is 1.17 bits per heavy atom. The molecule has 0 radical (unpaired) electrons. The van der Waals surface area contributed by atoms with Crippen molar-refractivity contribution in [1.29, 1.82) is 0 Å². The molecular formula is C20H21N3O10S2. The second-order valence-corrected chi connectivity index (χ2v) is 9.75. The first-order valence-electron chi connectivity index (χ1n) is 9.78. The van der Waals surface area contributed by atoms with Crippen molar-refractivity contribution < 1.29 is 37.3 Å². The second-order valence-electron chi connectivity index (χ2n) is 7.13. The first-order chi connectivity index (χ1) is 16.4. The molecule has 2 rings (SSSR count). The summed E-state index contributed by atoms with van der Waals surface area (Å²) < 4.78 is 35.6. The van der Waals surface area contributed by atoms with Gasteiger partial charge in [-0.1, -0.05) is 18.9 Å². The molecule has 15 heteroatoms. The van der Waals surface area contributed by atoms with Crippen molar-refractivity contribution in [2.75, 3.05) is 25.7 Å². The Morgan fingerprint density at radius 2 is 1.83 bits per heavy atom. The van der Waals surface area contributed by atoms with E-state index in [1.54, 1.807) is 6.92 Å². The average molecular weight is 528 g/mol. The van der Waals surface area contributed by atoms with E-state index in [1.807, 2.05) is 0 Å². The highest BCUT2D eigenvalue weighted by atomic mass is 32.2. The number of thiol groups is 1. The quantitative estimate of drug-likeness (QED) is 0.198. The maximum atomic E-state index is 13.4. The molecule has 0 fully saturated rings. The summed E-state index contributed by atoms with van der Waals surface area (Å²) in [6.07, 6.45) is 1.03. The van der Waals surface area contributed by atoms with Gasteiger partial charge in [0.25, 0.3) is 5.91 Å². The van der Waals surface area contributed by atoms with Crippen LogP contribution in [0.4, 0.5) is 11.4 Å². The molecule has 0 spiro atoms. The Labute approximate surface area is 205 Å². The zero-order valence-electron chi connectivity index (χ0n) is 18.7. The van der Waals surface area contributed by atoms with Crippen LogP contribution in [0.15, 0.2) is 30.3 Å². The lowest BCUT2D eigenvalue weighted by Gasteiger charge is -2.27. The fourth-order valence-electron chi connectivity index (χ4n) is 3.27. The Morgan fingerprint density at radius 3 is 2.31 bits per heavy atom. The molecule has 0 aromatic heterocycles. The normalized spacial score (nSPS) is 11.9. The summed E-state index contributed by atoms with van der Waals surface area (Å²) in [7, 11) is -2.37. The van der Waals surface area contributed by atoms with Crippen LogP contribution in [-0.2, 0) is 9.84 Å². The van der Waals surface area contributed by atoms with Crippen LogP contribution < -0.4 is 9.47 Å². The number of rotatable bonds is 11. The number of nitro benzene ring substituents is 2. The Bertz CT molecular complexity index is 1280. The van der Waals surface area contributed by atoms with Gasteiger partial charge in [-0.15, -0.1) is 0 Å². The van der Waals surface area contributed by atoms with E-state index < -0.39 is 59.9 Å². The molecule has 2 aromatic carbocycles. The van der Waals surface area contributed by atoms with Gasteiger partial charge in [0.1, 0.15) is 15.4 Å². The van der Waals surface area contributed by atoms with Gasteiger partial charge in [-0.2, -0.15) is 0 Å². The van der Waals surface area contributed by atoms with Crippen molar-refractivity contribution in [3.05, 3.63) is 67.3 Å². The molecule has 0 aliphatic carbocycles. The lowest BCUT2D eigenvalue weighted by Crippen LogP contribution is -2.32. The molecule has 1 unspecified atom stereocenters. The molecule has 1 atom stereocenters. The van der Waals surface area contributed by atoms with E-state index in [1.165, 1.54) is 25.3 Å². The predicted octanol–water partition coefficient (Wildman–Crippen LogP) is 2.80. The van der Waals surface area contributed by atoms with Crippen molar-refractivity contribution in [3.8, 4) is 11.5 Å². The largest absolute Gasteiger partial charge is 0.493 e. The van der Waals surface area contributed by atoms with Gasteiger partial charge in [0.05, 0.1) is 35.4 Å². The smallest absolute Gasteiger partial charge is 0.359 e. The van der Waals surface area contributed by atoms with Gasteiger partial charge >= 0.3 is 11.4 Å². The van der Waals surface area contributed by atoms with Crippen LogP contribution in [-0.4, -0.2) is 60.5 Å². The van der Waals surface area contributed by atoms with Crippen LogP contribution in [0.25, 0.3) is 0 Å². The number of benzene rings is 2. The molecule has 0 heterocycles. The molecule has 35 heavy (non-hydrogen) atoms. The monoisotopic (exact) mass is 527 g/mol. The van der Waals surface area contributed by atoms with Gasteiger partial charge in [-0.3, -0.25) is 34.1 Å². The second kappa shape index (κ2) is 11.1. The highest BCUT2D eigenvalue weighted by Gasteiger charge is 2.38. The van der Waals surface area contributed by atoms with Crippen molar-refractivity contribution in [1.82, 2.24) is 4.31 Å². The number of amides is 1. The number of hydrogen-bond donors (Lipinski definition) is 1. The summed E-state index contributed by atoms with van der Waals surface area (Å²) in [5.74, 6) is -1.40. The maximum absolute atomic E-state index is 13.4. The molecule has 1 amide bonds. The van der Waals surface area contributed by atoms with Crippen molar-refractivity contribution in [3.63, 3.8) is 0 Å². The minimum atomic E-state index is -3.76. The number of sulfone groups is 1. The standard InChI is InChI=1S/C20H21N3O10S2/c1-4-33-17-9-12(6-8-16(17)32-2)15(11-35(3,30)31)21(34)20(25)18-13(10-24)5-7-14(22(26)27)19(18)23(28)29/h5-10,15,34H,4,11H2,1-3H3. The van der Waals surface area contributed by atoms with Gasteiger partial charge in [0, 0.05) is 17.9 Å². The van der Waals surface area contributed by atoms with Gasteiger partial charge in [0.15, 0.2) is 17.8 Å². The maximum Gasteiger partial charge on any atom is 0.359 e. The van der Waals surface area contributed by atoms with Crippen LogP contribution in [0.2, 0.25) is 0 Å². The van der Waals surface area contributed by atoms with E-state index in [9.17, 15) is 38.2 Å². The number of carbonyl (C=O) groups is 2. The van der Waals surface area contributed by atoms with E-state index in [-0.39, 0.29) is 24.2 Å². The van der Waals surface area contributed by atoms with Crippen molar-refractivity contribution in [2.45, 2.75) is 13.0 Å². The summed E-state index contributed by atoms with van der Waals surface area (Å²) in [6, 6.07) is 4.61. The zero-order chi connectivity index (χ0) is 26.5. The number of aldehydes is 1. The van der Waals surface area contributed by atoms with Gasteiger partial charge < -0.3 is 9.47 Å². The highest BCUT2D eigenvalue weighted by Crippen LogP contribution is 2.38. The van der Waals surface area contributed by atoms with Gasteiger partial charge in [-0.25, -0.2) is 8.42 Å². The number of methoxy groups -OCH3 is 1. The molecular weight excluding hydrogens is 506 g/mol. The molecule has 188 valence electrons. The Balaban J connectivity index is 2.74. The highest BCUT2D eigenvalue weighted by molar-refractivity contribution is 7.90. The van der Waals surface area contributed by atoms with E-state index in [0.717, 1.165) is 18.4 Å². The zero-order valence-corrected chi connectivity index (χ0v) is 20.4. The molecule has 0 bridgehead atoms. The molecule has 2 aromatic rings. The summed E-state index contributed by atoms with van der Waals surface area (Å²) in [5, 5.41) is 23.0. The van der Waals surface area contributed by atoms with Crippen LogP contribution in [0.3, 0.4) is 0 Å². The van der Waals surface area contributed by atoms with E-state index in [0.29, 0.717) is 10.1 Å². The summed E-state index contributed by atoms with van der Waals surface area (Å²) >= 11 is 4.12. The van der Waals surface area contributed by atoms with E-state index >= 15 is 0 Å². The fourth-order valence-corrected chi connectivity index (χ4v) is 4.61. The minimum absolute atomic E-state index is 0.123. The summed E-state index contributed by atoms with van der Waals surface area (Å²) in [4.78, 5) is 45.7. The molecule has 0 aliphatic rings. The lowest BCUT2D eigenvalue weighted by atomic mass is 10.0. The first-order valence-corrected chi connectivity index (χ1v) is 12.2. The summed E-state index contributed by atoms with van der Waals surface area (Å²) in [6.45, 7) is 1.94. The van der Waals surface area contributed by atoms with Crippen LogP contribution in [0.5, 0.6) is 11.5 Å². The fraction of sp³-hybridized carbons (Fsp3) is 0.300. The van der Waals surface area contributed by atoms with Crippen LogP contribution >= 0.6 is 12.8 Å². The minimum Gasteiger partial charge on any atom is -0.493 e. The Hall–Kier alpha value is -3.72. The Kier molecular flexibility index (Phi) is 8.76. The number of nitro groups is 2. The van der Waals surface area contributed by atoms with Gasteiger partial charge in [-0.05, 0) is 30.7 Å². The number of ether oxygens (including phenoxy) is 2. The number of carbonyl (C=O) groups excluding carboxylic acids is 2. The van der Waals surface area contributed by atoms with E-state index in [2.05, 4.69) is 12.8 Å². The lowest BCUT2D eigenvalue weighted by molar-refractivity contribution is -0.422. The topological polar surface area (TPSA) is 176 Å². The molecule has 0 saturated carbocycles. The molecule has 0 aliphatic heterocycles. The van der Waals surface area contributed by atoms with Crippen LogP contribution in [0, 0.1) is 20.2 Å². The third-order valence-corrected chi connectivity index (χ3v) is 6.13. The van der Waals surface area contributed by atoms with Crippen molar-refractivity contribution in [2.24, 2.45) is 0 Å². The third-order valence-electron chi connectivity index (χ3n) is 4.75. The molecule has 0 N–H and O–H groups in total. The predicted molar refractivity (Wildman–Crippen MR) is 127 cm³/mol. The van der Waals surface area contributed by atoms with Gasteiger partial charge in [0.2, 0.25) is 0 Å². The molecule has 0 saturated heterocycles. The SMILES string of the molecule is CCOc1cc(C(CS(C)(=O)=O)N(S)C(=O)c2c(C=O)ccc([N+](=O)[O-])c2[N+](=O)[O-])ccc1OC.